The van der Waals surface area contributed by atoms with Crippen molar-refractivity contribution in [1.29, 1.82) is 0 Å². The Morgan fingerprint density at radius 2 is 1.67 bits per heavy atom. The predicted molar refractivity (Wildman–Crippen MR) is 92.4 cm³/mol. The summed E-state index contributed by atoms with van der Waals surface area (Å²) >= 11 is 5.05. The fraction of sp³-hybridized carbons (Fsp3) is 0.333. The highest BCUT2D eigenvalue weighted by atomic mass is 79.9. The average molecular weight is 437 g/mol. The quantitative estimate of drug-likeness (QED) is 0.737. The van der Waals surface area contributed by atoms with Gasteiger partial charge in [0.2, 0.25) is 10.0 Å². The lowest BCUT2D eigenvalue weighted by Crippen LogP contribution is -2.48. The second-order valence-electron chi connectivity index (χ2n) is 5.44. The maximum Gasteiger partial charge on any atom is 0.249 e. The molecule has 24 heavy (non-hydrogen) atoms. The Balaban J connectivity index is 1.69. The van der Waals surface area contributed by atoms with Gasteiger partial charge >= 0.3 is 0 Å². The molecule has 1 saturated heterocycles. The average Bonchev–Trinajstić information content (AvgIpc) is 2.92. The van der Waals surface area contributed by atoms with Crippen molar-refractivity contribution < 1.29 is 17.2 Å². The molecule has 1 aromatic heterocycles. The zero-order chi connectivity index (χ0) is 17.3. The maximum atomic E-state index is 13.8. The second kappa shape index (κ2) is 7.17. The number of hydrogen-bond acceptors (Lipinski definition) is 4. The molecular formula is C15H15BrF2N2O2S2. The van der Waals surface area contributed by atoms with E-state index in [1.165, 1.54) is 4.88 Å². The molecule has 1 aromatic carbocycles. The van der Waals surface area contributed by atoms with Crippen LogP contribution in [0.5, 0.6) is 0 Å². The lowest BCUT2D eigenvalue weighted by Gasteiger charge is -2.33. The second-order valence-corrected chi connectivity index (χ2v) is 9.86. The first-order valence-electron chi connectivity index (χ1n) is 7.28. The van der Waals surface area contributed by atoms with E-state index in [-0.39, 0.29) is 13.1 Å². The van der Waals surface area contributed by atoms with Gasteiger partial charge in [-0.1, -0.05) is 6.07 Å². The molecule has 9 heteroatoms. The summed E-state index contributed by atoms with van der Waals surface area (Å²) in [6.45, 7) is 2.19. The third kappa shape index (κ3) is 3.70. The molecule has 4 nitrogen and oxygen atoms in total. The molecule has 0 atom stereocenters. The van der Waals surface area contributed by atoms with E-state index in [9.17, 15) is 17.2 Å². The summed E-state index contributed by atoms with van der Waals surface area (Å²) in [4.78, 5) is 2.45. The molecule has 0 amide bonds. The monoisotopic (exact) mass is 436 g/mol. The molecule has 0 bridgehead atoms. The molecule has 2 heterocycles. The molecule has 0 unspecified atom stereocenters. The Bertz CT molecular complexity index is 813. The van der Waals surface area contributed by atoms with Crippen LogP contribution in [0.3, 0.4) is 0 Å². The first kappa shape index (κ1) is 17.9. The molecule has 1 aliphatic rings. The molecule has 0 saturated carbocycles. The van der Waals surface area contributed by atoms with E-state index in [4.69, 9.17) is 0 Å². The minimum Gasteiger partial charge on any atom is -0.296 e. The largest absolute Gasteiger partial charge is 0.296 e. The van der Waals surface area contributed by atoms with Gasteiger partial charge in [0.1, 0.15) is 11.6 Å². The molecule has 0 radical (unpaired) electrons. The van der Waals surface area contributed by atoms with Crippen molar-refractivity contribution in [2.45, 2.75) is 11.4 Å². The van der Waals surface area contributed by atoms with Crippen molar-refractivity contribution in [3.8, 4) is 0 Å². The van der Waals surface area contributed by atoms with E-state index >= 15 is 0 Å². The summed E-state index contributed by atoms with van der Waals surface area (Å²) in [7, 11) is -4.16. The molecule has 0 N–H and O–H groups in total. The molecule has 130 valence electrons. The standard InChI is InChI=1S/C15H15BrF2N2O2S2/c16-14-5-4-11(23-14)10-19-6-8-20(9-7-19)24(21,22)15-12(17)2-1-3-13(15)18/h1-5H,6-10H2. The summed E-state index contributed by atoms with van der Waals surface area (Å²) in [5, 5.41) is 0. The summed E-state index contributed by atoms with van der Waals surface area (Å²) < 4.78 is 54.9. The lowest BCUT2D eigenvalue weighted by molar-refractivity contribution is 0.182. The van der Waals surface area contributed by atoms with Crippen LogP contribution in [-0.4, -0.2) is 43.8 Å². The zero-order valence-corrected chi connectivity index (χ0v) is 15.8. The summed E-state index contributed by atoms with van der Waals surface area (Å²) in [6.07, 6.45) is 0. The SMILES string of the molecule is O=S(=O)(c1c(F)cccc1F)N1CCN(Cc2ccc(Br)s2)CC1. The van der Waals surface area contributed by atoms with Gasteiger partial charge in [-0.25, -0.2) is 17.2 Å². The number of rotatable bonds is 4. The van der Waals surface area contributed by atoms with Gasteiger partial charge in [0.05, 0.1) is 3.79 Å². The van der Waals surface area contributed by atoms with E-state index in [2.05, 4.69) is 20.8 Å². The Morgan fingerprint density at radius 1 is 1.04 bits per heavy atom. The molecule has 0 spiro atoms. The van der Waals surface area contributed by atoms with E-state index in [0.29, 0.717) is 13.1 Å². The number of nitrogens with zero attached hydrogens (tertiary/aromatic N) is 2. The van der Waals surface area contributed by atoms with Crippen LogP contribution in [0.25, 0.3) is 0 Å². The van der Waals surface area contributed by atoms with E-state index in [0.717, 1.165) is 32.8 Å². The van der Waals surface area contributed by atoms with Crippen LogP contribution in [-0.2, 0) is 16.6 Å². The van der Waals surface area contributed by atoms with Gasteiger partial charge in [-0.15, -0.1) is 11.3 Å². The minimum atomic E-state index is -4.16. The summed E-state index contributed by atoms with van der Waals surface area (Å²) in [6, 6.07) is 7.07. The number of benzene rings is 1. The number of sulfonamides is 1. The van der Waals surface area contributed by atoms with Gasteiger partial charge in [-0.05, 0) is 40.2 Å². The van der Waals surface area contributed by atoms with Crippen molar-refractivity contribution >= 4 is 37.3 Å². The van der Waals surface area contributed by atoms with Gasteiger partial charge in [0, 0.05) is 37.6 Å². The van der Waals surface area contributed by atoms with Crippen LogP contribution in [0.1, 0.15) is 4.88 Å². The third-order valence-corrected chi connectivity index (χ3v) is 7.42. The number of halogens is 3. The van der Waals surface area contributed by atoms with Gasteiger partial charge in [-0.2, -0.15) is 4.31 Å². The first-order chi connectivity index (χ1) is 11.4. The van der Waals surface area contributed by atoms with Gasteiger partial charge in [0.25, 0.3) is 0 Å². The van der Waals surface area contributed by atoms with Crippen LogP contribution >= 0.6 is 27.3 Å². The predicted octanol–water partition coefficient (Wildman–Crippen LogP) is 3.30. The Hall–Kier alpha value is -0.870. The molecular weight excluding hydrogens is 422 g/mol. The topological polar surface area (TPSA) is 40.6 Å². The fourth-order valence-corrected chi connectivity index (χ4v) is 5.70. The van der Waals surface area contributed by atoms with E-state index in [1.54, 1.807) is 11.3 Å². The summed E-state index contributed by atoms with van der Waals surface area (Å²) in [5.41, 5.74) is 0. The number of piperazine rings is 1. The zero-order valence-electron chi connectivity index (χ0n) is 12.6. The van der Waals surface area contributed by atoms with Crippen LogP contribution < -0.4 is 0 Å². The van der Waals surface area contributed by atoms with E-state index < -0.39 is 26.6 Å². The van der Waals surface area contributed by atoms with Crippen LogP contribution in [0, 0.1) is 11.6 Å². The van der Waals surface area contributed by atoms with Crippen LogP contribution in [0.15, 0.2) is 39.0 Å². The molecule has 3 rings (SSSR count). The normalized spacial score (nSPS) is 17.3. The fourth-order valence-electron chi connectivity index (χ4n) is 2.64. The highest BCUT2D eigenvalue weighted by Crippen LogP contribution is 2.26. The Labute approximate surface area is 151 Å². The lowest BCUT2D eigenvalue weighted by atomic mass is 10.3. The maximum absolute atomic E-state index is 13.8. The van der Waals surface area contributed by atoms with Gasteiger partial charge < -0.3 is 0 Å². The Kier molecular flexibility index (Phi) is 5.36. The smallest absolute Gasteiger partial charge is 0.249 e. The van der Waals surface area contributed by atoms with Crippen molar-refractivity contribution in [2.75, 3.05) is 26.2 Å². The highest BCUT2D eigenvalue weighted by molar-refractivity contribution is 9.11. The van der Waals surface area contributed by atoms with Gasteiger partial charge in [-0.3, -0.25) is 4.90 Å². The third-order valence-electron chi connectivity index (χ3n) is 3.86. The number of thiophene rings is 1. The first-order valence-corrected chi connectivity index (χ1v) is 10.3. The molecule has 1 fully saturated rings. The van der Waals surface area contributed by atoms with Crippen molar-refractivity contribution in [3.05, 3.63) is 50.6 Å². The molecule has 2 aromatic rings. The van der Waals surface area contributed by atoms with E-state index in [1.807, 2.05) is 12.1 Å². The molecule has 1 aliphatic heterocycles. The van der Waals surface area contributed by atoms with Crippen molar-refractivity contribution in [3.63, 3.8) is 0 Å². The summed E-state index contributed by atoms with van der Waals surface area (Å²) in [5.74, 6) is -2.11. The van der Waals surface area contributed by atoms with Gasteiger partial charge in [0.15, 0.2) is 4.90 Å². The van der Waals surface area contributed by atoms with Crippen molar-refractivity contribution in [2.24, 2.45) is 0 Å². The van der Waals surface area contributed by atoms with Crippen molar-refractivity contribution in [1.82, 2.24) is 9.21 Å². The highest BCUT2D eigenvalue weighted by Gasteiger charge is 2.33. The Morgan fingerprint density at radius 3 is 2.21 bits per heavy atom. The number of hydrogen-bond donors (Lipinski definition) is 0. The van der Waals surface area contributed by atoms with Crippen LogP contribution in [0.2, 0.25) is 0 Å². The van der Waals surface area contributed by atoms with Crippen LogP contribution in [0.4, 0.5) is 8.78 Å². The molecule has 0 aliphatic carbocycles. The minimum absolute atomic E-state index is 0.211.